The van der Waals surface area contributed by atoms with Gasteiger partial charge in [0.1, 0.15) is 18.2 Å². The molecule has 0 bridgehead atoms. The lowest BCUT2D eigenvalue weighted by Gasteiger charge is -2.32. The van der Waals surface area contributed by atoms with Crippen LogP contribution in [0.15, 0.2) is 42.5 Å². The molecule has 0 spiro atoms. The molecule has 7 nitrogen and oxygen atoms in total. The maximum Gasteiger partial charge on any atom is 0.410 e. The predicted molar refractivity (Wildman–Crippen MR) is 103 cm³/mol. The third-order valence-electron chi connectivity index (χ3n) is 4.36. The number of carbonyl (C=O) groups excluding carboxylic acids is 2. The van der Waals surface area contributed by atoms with Crippen molar-refractivity contribution in [2.24, 2.45) is 0 Å². The third-order valence-corrected chi connectivity index (χ3v) is 4.67. The molecule has 154 valence electrons. The molecule has 3 rings (SSSR count). The van der Waals surface area contributed by atoms with Gasteiger partial charge in [0, 0.05) is 13.1 Å². The van der Waals surface area contributed by atoms with Crippen LogP contribution in [0.5, 0.6) is 5.75 Å². The fourth-order valence-corrected chi connectivity index (χ4v) is 3.08. The minimum Gasteiger partial charge on any atom is -0.508 e. The van der Waals surface area contributed by atoms with Gasteiger partial charge in [-0.2, -0.15) is 0 Å². The molecule has 29 heavy (non-hydrogen) atoms. The van der Waals surface area contributed by atoms with E-state index < -0.39 is 18.1 Å². The van der Waals surface area contributed by atoms with Gasteiger partial charge in [0.2, 0.25) is 0 Å². The molecule has 0 unspecified atom stereocenters. The van der Waals surface area contributed by atoms with Gasteiger partial charge in [-0.25, -0.2) is 9.18 Å². The second-order valence-corrected chi connectivity index (χ2v) is 6.90. The Morgan fingerprint density at radius 1 is 1.28 bits per heavy atom. The monoisotopic (exact) mass is 422 g/mol. The molecule has 2 aromatic rings. The summed E-state index contributed by atoms with van der Waals surface area (Å²) in [6, 6.07) is 9.79. The van der Waals surface area contributed by atoms with Crippen LogP contribution in [0.25, 0.3) is 0 Å². The zero-order valence-corrected chi connectivity index (χ0v) is 16.2. The van der Waals surface area contributed by atoms with E-state index in [1.165, 1.54) is 35.2 Å². The molecular formula is C20H20ClFN2O5. The Bertz CT molecular complexity index is 878. The Kier molecular flexibility index (Phi) is 6.90. The minimum atomic E-state index is -0.504. The quantitative estimate of drug-likeness (QED) is 0.773. The first-order valence-electron chi connectivity index (χ1n) is 8.97. The summed E-state index contributed by atoms with van der Waals surface area (Å²) in [6.45, 7) is 1.16. The van der Waals surface area contributed by atoms with Crippen molar-refractivity contribution in [2.75, 3.05) is 26.2 Å². The molecule has 1 saturated heterocycles. The van der Waals surface area contributed by atoms with Gasteiger partial charge < -0.3 is 24.8 Å². The average Bonchev–Trinajstić information content (AvgIpc) is 2.71. The fraction of sp³-hybridized carbons (Fsp3) is 0.300. The van der Waals surface area contributed by atoms with E-state index in [4.69, 9.17) is 21.1 Å². The number of nitrogens with one attached hydrogen (secondary N) is 1. The number of phenolic OH excluding ortho intramolecular Hbond substituents is 1. The van der Waals surface area contributed by atoms with Crippen LogP contribution in [-0.2, 0) is 16.1 Å². The number of nitrogens with zero attached hydrogens (tertiary/aromatic N) is 1. The lowest BCUT2D eigenvalue weighted by atomic mass is 10.2. The summed E-state index contributed by atoms with van der Waals surface area (Å²) in [4.78, 5) is 26.0. The van der Waals surface area contributed by atoms with Gasteiger partial charge in [-0.3, -0.25) is 4.79 Å². The number of amides is 2. The highest BCUT2D eigenvalue weighted by Gasteiger charge is 2.26. The molecule has 0 radical (unpaired) electrons. The summed E-state index contributed by atoms with van der Waals surface area (Å²) in [5.41, 5.74) is 0.915. The third kappa shape index (κ3) is 5.82. The van der Waals surface area contributed by atoms with Crippen LogP contribution in [0.4, 0.5) is 9.18 Å². The van der Waals surface area contributed by atoms with E-state index in [1.807, 2.05) is 0 Å². The number of hydrogen-bond acceptors (Lipinski definition) is 5. The number of morpholine rings is 1. The van der Waals surface area contributed by atoms with Gasteiger partial charge in [-0.05, 0) is 35.9 Å². The zero-order valence-electron chi connectivity index (χ0n) is 15.4. The van der Waals surface area contributed by atoms with Crippen LogP contribution in [0.3, 0.4) is 0 Å². The SMILES string of the molecule is O=C(NC[C@@H]1CN(C(=O)OCc2ccc(F)cc2)CCO1)c1ccc(O)cc1Cl. The zero-order chi connectivity index (χ0) is 20.8. The van der Waals surface area contributed by atoms with E-state index in [9.17, 15) is 19.1 Å². The van der Waals surface area contributed by atoms with Gasteiger partial charge in [-0.1, -0.05) is 23.7 Å². The van der Waals surface area contributed by atoms with Crippen LogP contribution in [-0.4, -0.2) is 54.4 Å². The van der Waals surface area contributed by atoms with Crippen LogP contribution >= 0.6 is 11.6 Å². The van der Waals surface area contributed by atoms with E-state index in [0.29, 0.717) is 18.7 Å². The van der Waals surface area contributed by atoms with Crippen LogP contribution in [0.2, 0.25) is 5.02 Å². The van der Waals surface area contributed by atoms with E-state index in [0.717, 1.165) is 0 Å². The predicted octanol–water partition coefficient (Wildman–Crippen LogP) is 2.95. The second-order valence-electron chi connectivity index (χ2n) is 6.49. The number of phenols is 1. The van der Waals surface area contributed by atoms with Crippen molar-refractivity contribution >= 4 is 23.6 Å². The van der Waals surface area contributed by atoms with Crippen molar-refractivity contribution in [1.82, 2.24) is 10.2 Å². The Morgan fingerprint density at radius 3 is 2.76 bits per heavy atom. The molecule has 1 aliphatic heterocycles. The summed E-state index contributed by atoms with van der Waals surface area (Å²) in [7, 11) is 0. The maximum atomic E-state index is 12.9. The van der Waals surface area contributed by atoms with Crippen LogP contribution in [0, 0.1) is 5.82 Å². The average molecular weight is 423 g/mol. The first kappa shape index (κ1) is 20.9. The molecule has 0 aliphatic carbocycles. The first-order chi connectivity index (χ1) is 13.9. The molecule has 0 aromatic heterocycles. The Balaban J connectivity index is 1.47. The highest BCUT2D eigenvalue weighted by Crippen LogP contribution is 2.21. The molecule has 2 aromatic carbocycles. The lowest BCUT2D eigenvalue weighted by molar-refractivity contribution is -0.0263. The largest absolute Gasteiger partial charge is 0.508 e. The summed E-state index contributed by atoms with van der Waals surface area (Å²) in [5.74, 6) is -0.793. The van der Waals surface area contributed by atoms with Crippen LogP contribution < -0.4 is 5.32 Å². The van der Waals surface area contributed by atoms with Gasteiger partial charge >= 0.3 is 6.09 Å². The standard InChI is InChI=1S/C20H20ClFN2O5/c21-18-9-15(25)5-6-17(18)19(26)23-10-16-11-24(7-8-28-16)20(27)29-12-13-1-3-14(22)4-2-13/h1-6,9,16,25H,7-8,10-12H2,(H,23,26)/t16-/m1/s1. The lowest BCUT2D eigenvalue weighted by Crippen LogP contribution is -2.49. The van der Waals surface area contributed by atoms with E-state index in [-0.39, 0.29) is 41.8 Å². The number of halogens is 2. The molecule has 0 saturated carbocycles. The van der Waals surface area contributed by atoms with Crippen molar-refractivity contribution in [3.63, 3.8) is 0 Å². The summed E-state index contributed by atoms with van der Waals surface area (Å²) < 4.78 is 23.8. The van der Waals surface area contributed by atoms with Crippen LogP contribution in [0.1, 0.15) is 15.9 Å². The molecular weight excluding hydrogens is 403 g/mol. The van der Waals surface area contributed by atoms with Crippen molar-refractivity contribution in [3.8, 4) is 5.75 Å². The Hall–Kier alpha value is -2.84. The smallest absolute Gasteiger partial charge is 0.410 e. The Morgan fingerprint density at radius 2 is 2.03 bits per heavy atom. The molecule has 1 heterocycles. The maximum absolute atomic E-state index is 12.9. The number of aromatic hydroxyl groups is 1. The van der Waals surface area contributed by atoms with Crippen molar-refractivity contribution in [2.45, 2.75) is 12.7 Å². The summed E-state index contributed by atoms with van der Waals surface area (Å²) >= 11 is 5.96. The molecule has 1 aliphatic rings. The van der Waals surface area contributed by atoms with Crippen molar-refractivity contribution in [1.29, 1.82) is 0 Å². The minimum absolute atomic E-state index is 0.0306. The molecule has 1 atom stereocenters. The van der Waals surface area contributed by atoms with Crippen molar-refractivity contribution < 1.29 is 28.6 Å². The summed E-state index contributed by atoms with van der Waals surface area (Å²) in [5, 5.41) is 12.2. The number of benzene rings is 2. The number of hydrogen-bond donors (Lipinski definition) is 2. The van der Waals surface area contributed by atoms with Crippen molar-refractivity contribution in [3.05, 3.63) is 64.4 Å². The second kappa shape index (κ2) is 9.58. The van der Waals surface area contributed by atoms with E-state index >= 15 is 0 Å². The van der Waals surface area contributed by atoms with Gasteiger partial charge in [0.05, 0.1) is 29.8 Å². The number of carbonyl (C=O) groups is 2. The topological polar surface area (TPSA) is 88.1 Å². The highest BCUT2D eigenvalue weighted by atomic mass is 35.5. The van der Waals surface area contributed by atoms with Gasteiger partial charge in [0.15, 0.2) is 0 Å². The molecule has 1 fully saturated rings. The number of ether oxygens (including phenoxy) is 2. The van der Waals surface area contributed by atoms with E-state index in [2.05, 4.69) is 5.32 Å². The molecule has 9 heteroatoms. The highest BCUT2D eigenvalue weighted by molar-refractivity contribution is 6.34. The Labute approximate surface area is 172 Å². The normalized spacial score (nSPS) is 16.3. The van der Waals surface area contributed by atoms with E-state index in [1.54, 1.807) is 12.1 Å². The van der Waals surface area contributed by atoms with Gasteiger partial charge in [-0.15, -0.1) is 0 Å². The fourth-order valence-electron chi connectivity index (χ4n) is 2.82. The number of rotatable bonds is 5. The summed E-state index contributed by atoms with van der Waals surface area (Å²) in [6.07, 6.45) is -0.905. The molecule has 2 amide bonds. The first-order valence-corrected chi connectivity index (χ1v) is 9.34. The molecule has 2 N–H and O–H groups in total. The van der Waals surface area contributed by atoms with Gasteiger partial charge in [0.25, 0.3) is 5.91 Å².